The van der Waals surface area contributed by atoms with E-state index in [0.29, 0.717) is 21.9 Å². The molecule has 0 bridgehead atoms. The first-order chi connectivity index (χ1) is 19.2. The Labute approximate surface area is 228 Å². The van der Waals surface area contributed by atoms with Crippen LogP contribution in [-0.4, -0.2) is 31.0 Å². The first kappa shape index (κ1) is 24.3. The SMILES string of the molecule is C=CCOc1ccc(/C=C/c2nc3s/c(=C\c4cn(-c5ccccc5)nc4-c4ccccc4)c(=O)n3n2)cc1. The second-order valence-electron chi connectivity index (χ2n) is 8.66. The largest absolute Gasteiger partial charge is 0.490 e. The Morgan fingerprint density at radius 2 is 1.64 bits per heavy atom. The molecule has 0 aliphatic heterocycles. The molecule has 0 unspecified atom stereocenters. The van der Waals surface area contributed by atoms with E-state index in [0.717, 1.165) is 33.8 Å². The third-order valence-corrected chi connectivity index (χ3v) is 6.93. The summed E-state index contributed by atoms with van der Waals surface area (Å²) < 4.78 is 9.24. The molecule has 0 saturated heterocycles. The molecule has 190 valence electrons. The Balaban J connectivity index is 1.32. The number of thiazole rings is 1. The van der Waals surface area contributed by atoms with Crippen LogP contribution in [0, 0.1) is 0 Å². The Morgan fingerprint density at radius 1 is 0.897 bits per heavy atom. The van der Waals surface area contributed by atoms with Crippen LogP contribution in [0.25, 0.3) is 40.1 Å². The number of nitrogens with zero attached hydrogens (tertiary/aromatic N) is 5. The zero-order valence-corrected chi connectivity index (χ0v) is 21.7. The zero-order valence-electron chi connectivity index (χ0n) is 20.8. The summed E-state index contributed by atoms with van der Waals surface area (Å²) in [5.41, 5.74) is 4.30. The maximum atomic E-state index is 13.2. The molecule has 7 nitrogen and oxygen atoms in total. The number of benzene rings is 3. The van der Waals surface area contributed by atoms with E-state index in [9.17, 15) is 4.79 Å². The van der Waals surface area contributed by atoms with Crippen LogP contribution in [0.1, 0.15) is 17.0 Å². The second-order valence-corrected chi connectivity index (χ2v) is 9.67. The van der Waals surface area contributed by atoms with E-state index in [1.54, 1.807) is 12.2 Å². The van der Waals surface area contributed by atoms with Gasteiger partial charge in [-0.3, -0.25) is 4.79 Å². The zero-order chi connectivity index (χ0) is 26.6. The first-order valence-corrected chi connectivity index (χ1v) is 13.1. The third-order valence-electron chi connectivity index (χ3n) is 5.97. The van der Waals surface area contributed by atoms with Crippen molar-refractivity contribution in [2.45, 2.75) is 0 Å². The molecule has 0 fully saturated rings. The molecule has 0 amide bonds. The van der Waals surface area contributed by atoms with Gasteiger partial charge in [0, 0.05) is 17.3 Å². The maximum Gasteiger partial charge on any atom is 0.291 e. The molecule has 0 saturated carbocycles. The third kappa shape index (κ3) is 5.18. The fraction of sp³-hybridized carbons (Fsp3) is 0.0323. The van der Waals surface area contributed by atoms with Crippen LogP contribution < -0.4 is 14.8 Å². The van der Waals surface area contributed by atoms with Crippen molar-refractivity contribution in [1.29, 1.82) is 0 Å². The molecular formula is C31H23N5O2S. The highest BCUT2D eigenvalue weighted by molar-refractivity contribution is 7.15. The van der Waals surface area contributed by atoms with Gasteiger partial charge in [0.2, 0.25) is 4.96 Å². The van der Waals surface area contributed by atoms with Crippen LogP contribution in [0.4, 0.5) is 0 Å². The van der Waals surface area contributed by atoms with E-state index in [-0.39, 0.29) is 5.56 Å². The summed E-state index contributed by atoms with van der Waals surface area (Å²) in [6, 6.07) is 27.5. The van der Waals surface area contributed by atoms with Crippen LogP contribution >= 0.6 is 11.3 Å². The van der Waals surface area contributed by atoms with Crippen molar-refractivity contribution in [3.05, 3.63) is 136 Å². The fourth-order valence-electron chi connectivity index (χ4n) is 4.09. The molecule has 3 heterocycles. The van der Waals surface area contributed by atoms with Crippen molar-refractivity contribution in [3.63, 3.8) is 0 Å². The quantitative estimate of drug-likeness (QED) is 0.251. The standard InChI is InChI=1S/C31H23N5O2S/c1-2-19-38-26-16-13-22(14-17-26)15-18-28-32-31-36(33-28)30(37)27(39-31)20-24-21-35(25-11-7-4-8-12-25)34-29(24)23-9-5-3-6-10-23/h2-18,20-21H,1,19H2/b18-15+,27-20-. The molecular weight excluding hydrogens is 506 g/mol. The number of hydrogen-bond donors (Lipinski definition) is 0. The summed E-state index contributed by atoms with van der Waals surface area (Å²) >= 11 is 1.31. The molecule has 0 aliphatic rings. The average molecular weight is 530 g/mol. The van der Waals surface area contributed by atoms with Gasteiger partial charge in [-0.1, -0.05) is 90.7 Å². The lowest BCUT2D eigenvalue weighted by atomic mass is 10.1. The Morgan fingerprint density at radius 3 is 2.36 bits per heavy atom. The second kappa shape index (κ2) is 10.7. The van der Waals surface area contributed by atoms with E-state index in [4.69, 9.17) is 9.84 Å². The van der Waals surface area contributed by atoms with Gasteiger partial charge in [-0.2, -0.15) is 14.6 Å². The topological polar surface area (TPSA) is 74.3 Å². The molecule has 0 N–H and O–H groups in total. The van der Waals surface area contributed by atoms with Crippen molar-refractivity contribution < 1.29 is 4.74 Å². The smallest absolute Gasteiger partial charge is 0.291 e. The van der Waals surface area contributed by atoms with Gasteiger partial charge < -0.3 is 4.74 Å². The van der Waals surface area contributed by atoms with Crippen LogP contribution in [0.2, 0.25) is 0 Å². The Kier molecular flexibility index (Phi) is 6.67. The van der Waals surface area contributed by atoms with E-state index < -0.39 is 0 Å². The van der Waals surface area contributed by atoms with Crippen LogP contribution in [-0.2, 0) is 0 Å². The average Bonchev–Trinajstić information content (AvgIpc) is 3.67. The molecule has 39 heavy (non-hydrogen) atoms. The molecule has 3 aromatic heterocycles. The monoisotopic (exact) mass is 529 g/mol. The minimum absolute atomic E-state index is 0.211. The van der Waals surface area contributed by atoms with Gasteiger partial charge in [0.25, 0.3) is 5.56 Å². The molecule has 0 atom stereocenters. The highest BCUT2D eigenvalue weighted by Gasteiger charge is 2.13. The van der Waals surface area contributed by atoms with Crippen LogP contribution in [0.3, 0.4) is 0 Å². The number of aromatic nitrogens is 5. The fourth-order valence-corrected chi connectivity index (χ4v) is 4.99. The predicted molar refractivity (Wildman–Crippen MR) is 156 cm³/mol. The number of fused-ring (bicyclic) bond motifs is 1. The lowest BCUT2D eigenvalue weighted by molar-refractivity contribution is 0.363. The van der Waals surface area contributed by atoms with Gasteiger partial charge in [-0.25, -0.2) is 4.68 Å². The highest BCUT2D eigenvalue weighted by Crippen LogP contribution is 2.24. The van der Waals surface area contributed by atoms with Gasteiger partial charge in [0.1, 0.15) is 12.4 Å². The van der Waals surface area contributed by atoms with Crippen molar-refractivity contribution in [2.24, 2.45) is 0 Å². The minimum Gasteiger partial charge on any atom is -0.490 e. The normalized spacial score (nSPS) is 11.9. The van der Waals surface area contributed by atoms with Crippen molar-refractivity contribution in [2.75, 3.05) is 6.61 Å². The first-order valence-electron chi connectivity index (χ1n) is 12.3. The van der Waals surface area contributed by atoms with Crippen LogP contribution in [0.15, 0.2) is 109 Å². The van der Waals surface area contributed by atoms with E-state index >= 15 is 0 Å². The molecule has 6 rings (SSSR count). The van der Waals surface area contributed by atoms with Gasteiger partial charge in [-0.05, 0) is 42.0 Å². The van der Waals surface area contributed by atoms with E-state index in [1.165, 1.54) is 15.9 Å². The predicted octanol–water partition coefficient (Wildman–Crippen LogP) is 5.29. The molecule has 3 aromatic carbocycles. The van der Waals surface area contributed by atoms with Crippen molar-refractivity contribution >= 4 is 34.5 Å². The summed E-state index contributed by atoms with van der Waals surface area (Å²) in [4.78, 5) is 18.3. The minimum atomic E-state index is -0.211. The lowest BCUT2D eigenvalue weighted by Crippen LogP contribution is -2.23. The molecule has 0 radical (unpaired) electrons. The lowest BCUT2D eigenvalue weighted by Gasteiger charge is -2.02. The van der Waals surface area contributed by atoms with Gasteiger partial charge in [0.15, 0.2) is 5.82 Å². The summed E-state index contributed by atoms with van der Waals surface area (Å²) in [6.07, 6.45) is 9.20. The molecule has 6 aromatic rings. The van der Waals surface area contributed by atoms with Crippen molar-refractivity contribution in [1.82, 2.24) is 24.4 Å². The highest BCUT2D eigenvalue weighted by atomic mass is 32.1. The molecule has 0 aliphatic carbocycles. The van der Waals surface area contributed by atoms with Gasteiger partial charge in [-0.15, -0.1) is 5.10 Å². The number of hydrogen-bond acceptors (Lipinski definition) is 6. The van der Waals surface area contributed by atoms with E-state index in [1.807, 2.05) is 108 Å². The Hall–Kier alpha value is -5.08. The number of ether oxygens (including phenoxy) is 1. The van der Waals surface area contributed by atoms with E-state index in [2.05, 4.69) is 16.7 Å². The number of para-hydroxylation sites is 1. The Bertz CT molecular complexity index is 1890. The van der Waals surface area contributed by atoms with Gasteiger partial charge in [0.05, 0.1) is 15.9 Å². The summed E-state index contributed by atoms with van der Waals surface area (Å²) in [7, 11) is 0. The summed E-state index contributed by atoms with van der Waals surface area (Å²) in [5.74, 6) is 1.25. The molecule has 0 spiro atoms. The maximum absolute atomic E-state index is 13.2. The summed E-state index contributed by atoms with van der Waals surface area (Å²) in [6.45, 7) is 4.11. The van der Waals surface area contributed by atoms with Crippen LogP contribution in [0.5, 0.6) is 5.75 Å². The van der Waals surface area contributed by atoms with Crippen molar-refractivity contribution in [3.8, 4) is 22.7 Å². The summed E-state index contributed by atoms with van der Waals surface area (Å²) in [5, 5.41) is 9.26. The number of rotatable bonds is 8. The molecule has 8 heteroatoms. The van der Waals surface area contributed by atoms with Gasteiger partial charge >= 0.3 is 0 Å².